The molecule has 0 unspecified atom stereocenters. The Bertz CT molecular complexity index is 681. The van der Waals surface area contributed by atoms with Crippen molar-refractivity contribution in [3.8, 4) is 11.5 Å². The number of rotatable bonds is 4. The highest BCUT2D eigenvalue weighted by Gasteiger charge is 2.36. The van der Waals surface area contributed by atoms with Crippen LogP contribution in [0.5, 0.6) is 11.5 Å². The molecule has 1 aromatic carbocycles. The van der Waals surface area contributed by atoms with Gasteiger partial charge in [-0.15, -0.1) is 0 Å². The number of carbonyl (C=O) groups excluding carboxylic acids is 1. The third-order valence-corrected chi connectivity index (χ3v) is 4.87. The van der Waals surface area contributed by atoms with Gasteiger partial charge in [0.2, 0.25) is 0 Å². The summed E-state index contributed by atoms with van der Waals surface area (Å²) in [7, 11) is 3.19. The van der Waals surface area contributed by atoms with Crippen molar-refractivity contribution >= 4 is 29.3 Å². The fourth-order valence-corrected chi connectivity index (χ4v) is 3.67. The Morgan fingerprint density at radius 1 is 1.17 bits per heavy atom. The molecule has 1 heterocycles. The molecule has 1 aromatic rings. The fraction of sp³-hybridized carbons (Fsp3) is 0.444. The Kier molecular flexibility index (Phi) is 5.04. The zero-order valence-electron chi connectivity index (χ0n) is 14.0. The molecule has 6 heteroatoms. The first kappa shape index (κ1) is 16.8. The molecule has 1 N–H and O–H groups in total. The second-order valence-corrected chi connectivity index (χ2v) is 6.46. The highest BCUT2D eigenvalue weighted by atomic mass is 32.1. The first-order valence-electron chi connectivity index (χ1n) is 8.22. The van der Waals surface area contributed by atoms with Gasteiger partial charge in [0, 0.05) is 6.04 Å². The highest BCUT2D eigenvalue weighted by Crippen LogP contribution is 2.30. The van der Waals surface area contributed by atoms with Gasteiger partial charge in [0.1, 0.15) is 5.70 Å². The molecule has 1 saturated carbocycles. The maximum atomic E-state index is 12.7. The summed E-state index contributed by atoms with van der Waals surface area (Å²) in [5, 5.41) is 3.58. The third kappa shape index (κ3) is 3.24. The third-order valence-electron chi connectivity index (χ3n) is 4.57. The molecule has 0 spiro atoms. The van der Waals surface area contributed by atoms with Gasteiger partial charge in [-0.05, 0) is 48.8 Å². The van der Waals surface area contributed by atoms with E-state index in [1.165, 1.54) is 6.42 Å². The van der Waals surface area contributed by atoms with Crippen LogP contribution in [0.15, 0.2) is 23.9 Å². The van der Waals surface area contributed by atoms with E-state index in [1.54, 1.807) is 25.2 Å². The topological polar surface area (TPSA) is 50.8 Å². The standard InChI is InChI=1S/C18H22N2O3S/c1-22-15-9-8-12(11-16(15)23-2)10-14-17(21)20(18(24)19-14)13-6-4-3-5-7-13/h8-11,13H,3-7H2,1-2H3,(H,19,24)/b14-10-. The molecule has 3 rings (SSSR count). The summed E-state index contributed by atoms with van der Waals surface area (Å²) in [5.74, 6) is 1.25. The van der Waals surface area contributed by atoms with Crippen LogP contribution in [0.4, 0.5) is 0 Å². The number of amides is 1. The molecule has 0 atom stereocenters. The van der Waals surface area contributed by atoms with Crippen LogP contribution in [0.25, 0.3) is 6.08 Å². The Morgan fingerprint density at radius 3 is 2.54 bits per heavy atom. The van der Waals surface area contributed by atoms with Crippen molar-refractivity contribution in [3.63, 3.8) is 0 Å². The first-order chi connectivity index (χ1) is 11.6. The molecule has 0 aromatic heterocycles. The van der Waals surface area contributed by atoms with Gasteiger partial charge in [-0.3, -0.25) is 9.69 Å². The minimum Gasteiger partial charge on any atom is -0.493 e. The maximum Gasteiger partial charge on any atom is 0.276 e. The Hall–Kier alpha value is -2.08. The summed E-state index contributed by atoms with van der Waals surface area (Å²) in [5.41, 5.74) is 1.37. The number of hydrogen-bond donors (Lipinski definition) is 1. The molecule has 24 heavy (non-hydrogen) atoms. The number of ether oxygens (including phenoxy) is 2. The van der Waals surface area contributed by atoms with Gasteiger partial charge < -0.3 is 14.8 Å². The van der Waals surface area contributed by atoms with E-state index >= 15 is 0 Å². The smallest absolute Gasteiger partial charge is 0.276 e. The summed E-state index contributed by atoms with van der Waals surface area (Å²) in [6.45, 7) is 0. The van der Waals surface area contributed by atoms with Crippen molar-refractivity contribution in [3.05, 3.63) is 29.5 Å². The van der Waals surface area contributed by atoms with Crippen LogP contribution in [0, 0.1) is 0 Å². The Labute approximate surface area is 147 Å². The predicted molar refractivity (Wildman–Crippen MR) is 97.0 cm³/mol. The molecular weight excluding hydrogens is 324 g/mol. The van der Waals surface area contributed by atoms with Gasteiger partial charge in [0.05, 0.1) is 14.2 Å². The summed E-state index contributed by atoms with van der Waals surface area (Å²) in [4.78, 5) is 14.5. The van der Waals surface area contributed by atoms with E-state index in [0.717, 1.165) is 31.2 Å². The van der Waals surface area contributed by atoms with Crippen molar-refractivity contribution in [1.29, 1.82) is 0 Å². The average Bonchev–Trinajstić information content (AvgIpc) is 2.89. The van der Waals surface area contributed by atoms with Gasteiger partial charge in [-0.1, -0.05) is 25.3 Å². The van der Waals surface area contributed by atoms with Crippen molar-refractivity contribution in [1.82, 2.24) is 10.2 Å². The lowest BCUT2D eigenvalue weighted by Gasteiger charge is -2.29. The summed E-state index contributed by atoms with van der Waals surface area (Å²) in [6, 6.07) is 5.77. The second kappa shape index (κ2) is 7.21. The van der Waals surface area contributed by atoms with E-state index in [2.05, 4.69) is 5.32 Å². The molecule has 1 aliphatic carbocycles. The van der Waals surface area contributed by atoms with Crippen molar-refractivity contribution in [2.45, 2.75) is 38.1 Å². The molecule has 0 bridgehead atoms. The molecule has 1 saturated heterocycles. The highest BCUT2D eigenvalue weighted by molar-refractivity contribution is 7.80. The van der Waals surface area contributed by atoms with Crippen LogP contribution in [0.2, 0.25) is 0 Å². The first-order valence-corrected chi connectivity index (χ1v) is 8.63. The molecule has 2 fully saturated rings. The van der Waals surface area contributed by atoms with E-state index in [-0.39, 0.29) is 11.9 Å². The predicted octanol–water partition coefficient (Wildman–Crippen LogP) is 3.09. The number of nitrogens with one attached hydrogen (secondary N) is 1. The van der Waals surface area contributed by atoms with Gasteiger partial charge in [0.25, 0.3) is 5.91 Å². The lowest BCUT2D eigenvalue weighted by molar-refractivity contribution is -0.124. The largest absolute Gasteiger partial charge is 0.493 e. The van der Waals surface area contributed by atoms with E-state index in [1.807, 2.05) is 18.2 Å². The lowest BCUT2D eigenvalue weighted by Crippen LogP contribution is -2.41. The van der Waals surface area contributed by atoms with E-state index < -0.39 is 0 Å². The van der Waals surface area contributed by atoms with Gasteiger partial charge in [0.15, 0.2) is 16.6 Å². The molecule has 0 radical (unpaired) electrons. The number of hydrogen-bond acceptors (Lipinski definition) is 4. The summed E-state index contributed by atoms with van der Waals surface area (Å²) < 4.78 is 10.5. The van der Waals surface area contributed by atoms with E-state index in [0.29, 0.717) is 22.3 Å². The van der Waals surface area contributed by atoms with Crippen LogP contribution in [0.1, 0.15) is 37.7 Å². The minimum absolute atomic E-state index is 0.0401. The number of carbonyl (C=O) groups is 1. The lowest BCUT2D eigenvalue weighted by atomic mass is 9.94. The maximum absolute atomic E-state index is 12.7. The van der Waals surface area contributed by atoms with Crippen LogP contribution in [-0.4, -0.2) is 36.2 Å². The molecule has 5 nitrogen and oxygen atoms in total. The normalized spacial score (nSPS) is 20.4. The van der Waals surface area contributed by atoms with Crippen LogP contribution >= 0.6 is 12.2 Å². The van der Waals surface area contributed by atoms with Crippen LogP contribution < -0.4 is 14.8 Å². The van der Waals surface area contributed by atoms with Gasteiger partial charge in [-0.2, -0.15) is 0 Å². The molecule has 1 amide bonds. The molecular formula is C18H22N2O3S. The quantitative estimate of drug-likeness (QED) is 0.671. The summed E-state index contributed by atoms with van der Waals surface area (Å²) in [6.07, 6.45) is 7.42. The van der Waals surface area contributed by atoms with Gasteiger partial charge >= 0.3 is 0 Å². The monoisotopic (exact) mass is 346 g/mol. The number of thiocarbonyl (C=S) groups is 1. The number of benzene rings is 1. The molecule has 1 aliphatic heterocycles. The Morgan fingerprint density at radius 2 is 1.88 bits per heavy atom. The van der Waals surface area contributed by atoms with Gasteiger partial charge in [-0.25, -0.2) is 0 Å². The fourth-order valence-electron chi connectivity index (χ4n) is 3.33. The van der Waals surface area contributed by atoms with E-state index in [4.69, 9.17) is 21.7 Å². The average molecular weight is 346 g/mol. The number of methoxy groups -OCH3 is 2. The zero-order chi connectivity index (χ0) is 17.1. The number of nitrogens with zero attached hydrogens (tertiary/aromatic N) is 1. The molecule has 2 aliphatic rings. The van der Waals surface area contributed by atoms with Crippen LogP contribution in [0.3, 0.4) is 0 Å². The minimum atomic E-state index is -0.0401. The van der Waals surface area contributed by atoms with Crippen molar-refractivity contribution in [2.75, 3.05) is 14.2 Å². The Balaban J connectivity index is 1.83. The van der Waals surface area contributed by atoms with Crippen molar-refractivity contribution in [2.24, 2.45) is 0 Å². The molecule has 128 valence electrons. The summed E-state index contributed by atoms with van der Waals surface area (Å²) >= 11 is 5.39. The zero-order valence-corrected chi connectivity index (χ0v) is 14.8. The SMILES string of the molecule is COc1ccc(/C=C2\NC(=S)N(C3CCCCC3)C2=O)cc1OC. The van der Waals surface area contributed by atoms with Crippen molar-refractivity contribution < 1.29 is 14.3 Å². The van der Waals surface area contributed by atoms with Crippen LogP contribution in [-0.2, 0) is 4.79 Å². The second-order valence-electron chi connectivity index (χ2n) is 6.07. The van der Waals surface area contributed by atoms with E-state index in [9.17, 15) is 4.79 Å².